The molecule has 0 radical (unpaired) electrons. The largest absolute Gasteiger partial charge is 0.504 e. The molecule has 1 amide bonds. The molecule has 1 aromatic rings. The molecule has 0 aliphatic heterocycles. The molecular formula is C14H21NO4. The lowest BCUT2D eigenvalue weighted by atomic mass is 10.0. The number of carbonyl (C=O) groups excluding carboxylic acids is 1. The molecule has 0 saturated heterocycles. The number of aromatic hydroxyl groups is 1. The Bertz CT molecular complexity index is 431. The lowest BCUT2D eigenvalue weighted by molar-refractivity contribution is 0.0908. The summed E-state index contributed by atoms with van der Waals surface area (Å²) >= 11 is 0. The maximum absolute atomic E-state index is 12.0. The van der Waals surface area contributed by atoms with E-state index in [0.29, 0.717) is 23.7 Å². The number of hydrogen-bond acceptors (Lipinski definition) is 4. The summed E-state index contributed by atoms with van der Waals surface area (Å²) in [7, 11) is 1.44. The quantitative estimate of drug-likeness (QED) is 0.730. The van der Waals surface area contributed by atoms with Crippen LogP contribution >= 0.6 is 0 Å². The van der Waals surface area contributed by atoms with Crippen LogP contribution < -0.4 is 10.1 Å². The molecule has 106 valence electrons. The van der Waals surface area contributed by atoms with Crippen LogP contribution in [0.5, 0.6) is 11.5 Å². The normalized spacial score (nSPS) is 12.3. The molecule has 1 rings (SSSR count). The van der Waals surface area contributed by atoms with Gasteiger partial charge in [0.1, 0.15) is 0 Å². The molecule has 5 heteroatoms. The molecule has 0 aliphatic carbocycles. The van der Waals surface area contributed by atoms with Gasteiger partial charge in [-0.1, -0.05) is 13.8 Å². The highest BCUT2D eigenvalue weighted by Crippen LogP contribution is 2.26. The lowest BCUT2D eigenvalue weighted by Gasteiger charge is -2.18. The van der Waals surface area contributed by atoms with Gasteiger partial charge in [-0.3, -0.25) is 4.79 Å². The van der Waals surface area contributed by atoms with Crippen LogP contribution in [0, 0.1) is 5.92 Å². The Kier molecular flexibility index (Phi) is 5.63. The zero-order chi connectivity index (χ0) is 14.4. The van der Waals surface area contributed by atoms with Gasteiger partial charge in [0.05, 0.1) is 19.8 Å². The number of benzene rings is 1. The molecule has 0 aromatic heterocycles. The van der Waals surface area contributed by atoms with E-state index in [9.17, 15) is 15.0 Å². The Labute approximate surface area is 113 Å². The smallest absolute Gasteiger partial charge is 0.251 e. The van der Waals surface area contributed by atoms with Gasteiger partial charge in [0.25, 0.3) is 5.91 Å². The molecule has 0 saturated carbocycles. The molecule has 1 unspecified atom stereocenters. The van der Waals surface area contributed by atoms with E-state index in [0.717, 1.165) is 0 Å². The summed E-state index contributed by atoms with van der Waals surface area (Å²) in [6.07, 6.45) is 0.699. The Morgan fingerprint density at radius 3 is 2.58 bits per heavy atom. The van der Waals surface area contributed by atoms with E-state index < -0.39 is 0 Å². The van der Waals surface area contributed by atoms with Crippen molar-refractivity contribution < 1.29 is 19.7 Å². The standard InChI is InChI=1S/C14H21NO4/c1-9(2)6-11(8-16)15-14(18)10-4-5-13(19-3)12(17)7-10/h4-5,7,9,11,16-17H,6,8H2,1-3H3,(H,15,18). The number of phenols is 1. The predicted octanol–water partition coefficient (Wildman–Crippen LogP) is 1.54. The van der Waals surface area contributed by atoms with Gasteiger partial charge in [-0.2, -0.15) is 0 Å². The molecule has 1 aromatic carbocycles. The maximum Gasteiger partial charge on any atom is 0.251 e. The van der Waals surface area contributed by atoms with Crippen molar-refractivity contribution in [3.63, 3.8) is 0 Å². The van der Waals surface area contributed by atoms with Crippen LogP contribution in [-0.4, -0.2) is 35.9 Å². The van der Waals surface area contributed by atoms with Crippen LogP contribution in [0.1, 0.15) is 30.6 Å². The van der Waals surface area contributed by atoms with Crippen molar-refractivity contribution in [3.8, 4) is 11.5 Å². The first kappa shape index (κ1) is 15.3. The minimum absolute atomic E-state index is 0.0837. The number of amides is 1. The fraction of sp³-hybridized carbons (Fsp3) is 0.500. The second kappa shape index (κ2) is 6.99. The Balaban J connectivity index is 2.74. The van der Waals surface area contributed by atoms with Crippen LogP contribution in [0.15, 0.2) is 18.2 Å². The van der Waals surface area contributed by atoms with Crippen LogP contribution in [0.3, 0.4) is 0 Å². The SMILES string of the molecule is COc1ccc(C(=O)NC(CO)CC(C)C)cc1O. The van der Waals surface area contributed by atoms with Crippen LogP contribution in [0.4, 0.5) is 0 Å². The van der Waals surface area contributed by atoms with Gasteiger partial charge in [-0.15, -0.1) is 0 Å². The highest BCUT2D eigenvalue weighted by Gasteiger charge is 2.15. The Hall–Kier alpha value is -1.75. The van der Waals surface area contributed by atoms with Crippen molar-refractivity contribution in [3.05, 3.63) is 23.8 Å². The van der Waals surface area contributed by atoms with Crippen molar-refractivity contribution in [2.75, 3.05) is 13.7 Å². The van der Waals surface area contributed by atoms with Crippen LogP contribution in [-0.2, 0) is 0 Å². The van der Waals surface area contributed by atoms with Gasteiger partial charge < -0.3 is 20.3 Å². The van der Waals surface area contributed by atoms with Crippen LogP contribution in [0.25, 0.3) is 0 Å². The number of ether oxygens (including phenoxy) is 1. The van der Waals surface area contributed by atoms with E-state index in [1.54, 1.807) is 6.07 Å². The first-order valence-electron chi connectivity index (χ1n) is 6.26. The molecule has 0 fully saturated rings. The molecule has 3 N–H and O–H groups in total. The third-order valence-electron chi connectivity index (χ3n) is 2.75. The van der Waals surface area contributed by atoms with E-state index in [1.807, 2.05) is 13.8 Å². The fourth-order valence-corrected chi connectivity index (χ4v) is 1.85. The molecule has 19 heavy (non-hydrogen) atoms. The number of rotatable bonds is 6. The third kappa shape index (κ3) is 4.44. The first-order valence-corrected chi connectivity index (χ1v) is 6.26. The van der Waals surface area contributed by atoms with E-state index in [4.69, 9.17) is 4.74 Å². The molecule has 0 bridgehead atoms. The highest BCUT2D eigenvalue weighted by atomic mass is 16.5. The molecule has 1 atom stereocenters. The number of phenolic OH excluding ortho intramolecular Hbond substituents is 1. The number of methoxy groups -OCH3 is 1. The number of aliphatic hydroxyl groups is 1. The van der Waals surface area contributed by atoms with Crippen LogP contribution in [0.2, 0.25) is 0 Å². The molecular weight excluding hydrogens is 246 g/mol. The first-order chi connectivity index (χ1) is 8.97. The van der Waals surface area contributed by atoms with Crippen molar-refractivity contribution in [2.24, 2.45) is 5.92 Å². The zero-order valence-electron chi connectivity index (χ0n) is 11.5. The molecule has 5 nitrogen and oxygen atoms in total. The fourth-order valence-electron chi connectivity index (χ4n) is 1.85. The van der Waals surface area contributed by atoms with Gasteiger partial charge >= 0.3 is 0 Å². The summed E-state index contributed by atoms with van der Waals surface area (Å²) < 4.78 is 4.91. The molecule has 0 heterocycles. The summed E-state index contributed by atoms with van der Waals surface area (Å²) in [6, 6.07) is 4.16. The summed E-state index contributed by atoms with van der Waals surface area (Å²) in [5.74, 6) is 0.288. The van der Waals surface area contributed by atoms with Crippen molar-refractivity contribution in [1.29, 1.82) is 0 Å². The number of carbonyl (C=O) groups is 1. The monoisotopic (exact) mass is 267 g/mol. The van der Waals surface area contributed by atoms with Gasteiger partial charge in [0, 0.05) is 5.56 Å². The Morgan fingerprint density at radius 1 is 1.42 bits per heavy atom. The van der Waals surface area contributed by atoms with Gasteiger partial charge in [-0.05, 0) is 30.5 Å². The summed E-state index contributed by atoms with van der Waals surface area (Å²) in [5, 5.41) is 21.6. The summed E-state index contributed by atoms with van der Waals surface area (Å²) in [5.41, 5.74) is 0.334. The molecule has 0 spiro atoms. The van der Waals surface area contributed by atoms with Crippen molar-refractivity contribution in [1.82, 2.24) is 5.32 Å². The van der Waals surface area contributed by atoms with E-state index in [1.165, 1.54) is 19.2 Å². The topological polar surface area (TPSA) is 78.8 Å². The van der Waals surface area contributed by atoms with Crippen molar-refractivity contribution >= 4 is 5.91 Å². The second-order valence-electron chi connectivity index (χ2n) is 4.87. The lowest BCUT2D eigenvalue weighted by Crippen LogP contribution is -2.38. The van der Waals surface area contributed by atoms with E-state index in [-0.39, 0.29) is 24.3 Å². The second-order valence-corrected chi connectivity index (χ2v) is 4.87. The average molecular weight is 267 g/mol. The van der Waals surface area contributed by atoms with Crippen molar-refractivity contribution in [2.45, 2.75) is 26.3 Å². The van der Waals surface area contributed by atoms with Gasteiger partial charge in [-0.25, -0.2) is 0 Å². The van der Waals surface area contributed by atoms with E-state index in [2.05, 4.69) is 5.32 Å². The third-order valence-corrected chi connectivity index (χ3v) is 2.75. The number of nitrogens with one attached hydrogen (secondary N) is 1. The predicted molar refractivity (Wildman–Crippen MR) is 72.5 cm³/mol. The van der Waals surface area contributed by atoms with Gasteiger partial charge in [0.2, 0.25) is 0 Å². The minimum atomic E-state index is -0.322. The molecule has 0 aliphatic rings. The minimum Gasteiger partial charge on any atom is -0.504 e. The summed E-state index contributed by atoms with van der Waals surface area (Å²) in [6.45, 7) is 3.94. The number of hydrogen-bond donors (Lipinski definition) is 3. The maximum atomic E-state index is 12.0. The Morgan fingerprint density at radius 2 is 2.11 bits per heavy atom. The highest BCUT2D eigenvalue weighted by molar-refractivity contribution is 5.95. The number of aliphatic hydroxyl groups excluding tert-OH is 1. The average Bonchev–Trinajstić information content (AvgIpc) is 2.37. The van der Waals surface area contributed by atoms with Gasteiger partial charge in [0.15, 0.2) is 11.5 Å². The zero-order valence-corrected chi connectivity index (χ0v) is 11.5. The summed E-state index contributed by atoms with van der Waals surface area (Å²) in [4.78, 5) is 12.0. The van der Waals surface area contributed by atoms with E-state index >= 15 is 0 Å².